The summed E-state index contributed by atoms with van der Waals surface area (Å²) in [5.41, 5.74) is 2.27. The van der Waals surface area contributed by atoms with Crippen LogP contribution >= 0.6 is 0 Å². The Hall–Kier alpha value is -3.75. The molecule has 0 spiro atoms. The van der Waals surface area contributed by atoms with Crippen LogP contribution in [-0.4, -0.2) is 52.1 Å². The van der Waals surface area contributed by atoms with Crippen LogP contribution in [0.2, 0.25) is 0 Å². The van der Waals surface area contributed by atoms with Crippen molar-refractivity contribution in [2.75, 3.05) is 16.9 Å². The zero-order chi connectivity index (χ0) is 25.0. The van der Waals surface area contributed by atoms with Gasteiger partial charge in [0.1, 0.15) is 16.5 Å². The first-order valence-electron chi connectivity index (χ1n) is 8.87. The quantitative estimate of drug-likeness (QED) is 0.394. The highest BCUT2D eigenvalue weighted by atomic mass is 32.2. The van der Waals surface area contributed by atoms with Crippen molar-refractivity contribution in [3.63, 3.8) is 0 Å². The fraction of sp³-hybridized carbons (Fsp3) is 0.222. The molecule has 0 saturated heterocycles. The Morgan fingerprint density at radius 3 is 2.30 bits per heavy atom. The monoisotopic (exact) mass is 490 g/mol. The smallest absolute Gasteiger partial charge is 0.475 e. The minimum Gasteiger partial charge on any atom is -0.475 e. The Morgan fingerprint density at radius 1 is 1.15 bits per heavy atom. The number of carbonyl (C=O) groups is 1. The maximum absolute atomic E-state index is 13.7. The number of sulfone groups is 1. The number of aliphatic carboxylic acids is 1. The Bertz CT molecular complexity index is 1260. The lowest BCUT2D eigenvalue weighted by molar-refractivity contribution is -0.192. The molecule has 0 aliphatic carbocycles. The third-order valence-electron chi connectivity index (χ3n) is 3.98. The Morgan fingerprint density at radius 2 is 1.79 bits per heavy atom. The van der Waals surface area contributed by atoms with E-state index in [1.54, 1.807) is 6.07 Å². The van der Waals surface area contributed by atoms with E-state index in [0.29, 0.717) is 17.3 Å². The van der Waals surface area contributed by atoms with E-state index in [1.165, 1.54) is 18.3 Å². The summed E-state index contributed by atoms with van der Waals surface area (Å²) in [4.78, 5) is 16.9. The molecule has 0 fully saturated rings. The molecule has 0 saturated carbocycles. The number of nitrogens with zero attached hydrogens (tertiary/aromatic N) is 3. The maximum Gasteiger partial charge on any atom is 0.490 e. The van der Waals surface area contributed by atoms with E-state index in [4.69, 9.17) is 9.90 Å². The fourth-order valence-electron chi connectivity index (χ4n) is 2.21. The van der Waals surface area contributed by atoms with Crippen molar-refractivity contribution in [3.05, 3.63) is 47.5 Å². The number of aromatic amines is 1. The summed E-state index contributed by atoms with van der Waals surface area (Å²) >= 11 is 0. The van der Waals surface area contributed by atoms with Gasteiger partial charge in [0, 0.05) is 29.4 Å². The van der Waals surface area contributed by atoms with E-state index in [-0.39, 0.29) is 10.8 Å². The van der Waals surface area contributed by atoms with Crippen LogP contribution in [0.4, 0.5) is 40.8 Å². The number of H-pyrrole nitrogens is 1. The predicted octanol–water partition coefficient (Wildman–Crippen LogP) is 3.48. The lowest BCUT2D eigenvalue weighted by atomic mass is 10.3. The molecule has 15 heteroatoms. The lowest BCUT2D eigenvalue weighted by Crippen LogP contribution is -2.21. The number of benzene rings is 1. The van der Waals surface area contributed by atoms with Gasteiger partial charge in [0.05, 0.1) is 0 Å². The summed E-state index contributed by atoms with van der Waals surface area (Å²) in [6.45, 7) is 3.83. The van der Waals surface area contributed by atoms with Gasteiger partial charge in [0.2, 0.25) is 5.95 Å². The molecule has 0 bridgehead atoms. The van der Waals surface area contributed by atoms with Crippen molar-refractivity contribution in [1.29, 1.82) is 0 Å². The van der Waals surface area contributed by atoms with E-state index >= 15 is 0 Å². The van der Waals surface area contributed by atoms with Crippen molar-refractivity contribution < 1.29 is 35.9 Å². The average molecular weight is 490 g/mol. The number of aryl methyl sites for hydroxylation is 1. The van der Waals surface area contributed by atoms with E-state index in [1.807, 2.05) is 13.8 Å². The highest BCUT2D eigenvalue weighted by Gasteiger charge is 2.38. The number of nitrogens with one attached hydrogen (secondary N) is 3. The van der Waals surface area contributed by atoms with Crippen LogP contribution in [0.1, 0.15) is 11.3 Å². The number of carboxylic acids is 1. The number of carboxylic acid groups (broad SMARTS) is 1. The summed E-state index contributed by atoms with van der Waals surface area (Å²) < 4.78 is 68.7. The topological polar surface area (TPSA) is 150 Å². The molecule has 178 valence electrons. The molecule has 0 unspecified atom stereocenters. The van der Waals surface area contributed by atoms with E-state index < -0.39 is 27.8 Å². The van der Waals surface area contributed by atoms with E-state index in [2.05, 4.69) is 30.8 Å². The molecule has 0 atom stereocenters. The summed E-state index contributed by atoms with van der Waals surface area (Å²) in [6.07, 6.45) is -2.60. The first-order valence-corrected chi connectivity index (χ1v) is 10.8. The molecule has 2 aromatic heterocycles. The molecule has 0 radical (unpaired) electrons. The van der Waals surface area contributed by atoms with Gasteiger partial charge >= 0.3 is 12.1 Å². The van der Waals surface area contributed by atoms with Gasteiger partial charge in [-0.3, -0.25) is 5.10 Å². The average Bonchev–Trinajstić information content (AvgIpc) is 3.01. The number of hydrogen-bond acceptors (Lipinski definition) is 8. The Balaban J connectivity index is 0.000000479. The molecule has 2 heterocycles. The molecule has 1 aromatic carbocycles. The number of anilines is 4. The molecule has 3 aromatic rings. The van der Waals surface area contributed by atoms with E-state index in [9.17, 15) is 26.0 Å². The third kappa shape index (κ3) is 7.13. The van der Waals surface area contributed by atoms with Gasteiger partial charge in [-0.05, 0) is 38.1 Å². The normalized spacial score (nSPS) is 11.4. The maximum atomic E-state index is 13.7. The zero-order valence-electron chi connectivity index (χ0n) is 17.3. The van der Waals surface area contributed by atoms with Crippen molar-refractivity contribution in [2.24, 2.45) is 0 Å². The molecule has 0 aliphatic heterocycles. The van der Waals surface area contributed by atoms with E-state index in [0.717, 1.165) is 23.6 Å². The van der Waals surface area contributed by atoms with Gasteiger partial charge in [-0.15, -0.1) is 0 Å². The van der Waals surface area contributed by atoms with Gasteiger partial charge in [0.15, 0.2) is 15.7 Å². The Labute approximate surface area is 185 Å². The summed E-state index contributed by atoms with van der Waals surface area (Å²) in [6, 6.07) is 5.36. The van der Waals surface area contributed by atoms with Crippen molar-refractivity contribution in [3.8, 4) is 0 Å². The lowest BCUT2D eigenvalue weighted by Gasteiger charge is -2.09. The van der Waals surface area contributed by atoms with Crippen molar-refractivity contribution in [1.82, 2.24) is 20.2 Å². The summed E-state index contributed by atoms with van der Waals surface area (Å²) in [7, 11) is -3.68. The SMILES string of the molecule is Cc1[nH]nc(Nc2ccnc(Nc3ccc(F)c(S(C)(=O)=O)c3)n2)c1C.O=C(O)C(F)(F)F. The standard InChI is InChI=1S/C16H17FN6O2S.C2HF3O2/c1-9-10(2)22-23-15(9)20-14-6-7-18-16(21-14)19-11-4-5-12(17)13(8-11)26(3,24)25;3-2(4,5)1(6)7/h4-8H,1-3H3,(H3,18,19,20,21,22,23);(H,6,7). The largest absolute Gasteiger partial charge is 0.490 e. The fourth-order valence-corrected chi connectivity index (χ4v) is 2.97. The van der Waals surface area contributed by atoms with Crippen LogP contribution in [0, 0.1) is 19.7 Å². The van der Waals surface area contributed by atoms with Crippen molar-refractivity contribution in [2.45, 2.75) is 24.9 Å². The van der Waals surface area contributed by atoms with Crippen LogP contribution < -0.4 is 10.6 Å². The second kappa shape index (κ2) is 9.81. The summed E-state index contributed by atoms with van der Waals surface area (Å²) in [5, 5.41) is 20.1. The minimum atomic E-state index is -5.08. The van der Waals surface area contributed by atoms with Gasteiger partial charge in [-0.1, -0.05) is 0 Å². The van der Waals surface area contributed by atoms with Gasteiger partial charge in [-0.25, -0.2) is 22.6 Å². The number of halogens is 4. The first kappa shape index (κ1) is 25.5. The highest BCUT2D eigenvalue weighted by Crippen LogP contribution is 2.23. The highest BCUT2D eigenvalue weighted by molar-refractivity contribution is 7.90. The third-order valence-corrected chi connectivity index (χ3v) is 5.10. The van der Waals surface area contributed by atoms with Gasteiger partial charge in [0.25, 0.3) is 0 Å². The summed E-state index contributed by atoms with van der Waals surface area (Å²) in [5.74, 6) is -2.19. The molecule has 4 N–H and O–H groups in total. The molecular weight excluding hydrogens is 472 g/mol. The van der Waals surface area contributed by atoms with Crippen LogP contribution in [0.5, 0.6) is 0 Å². The number of hydrogen-bond donors (Lipinski definition) is 4. The molecule has 0 aliphatic rings. The number of rotatable bonds is 5. The number of aromatic nitrogens is 4. The molecule has 3 rings (SSSR count). The molecule has 10 nitrogen and oxygen atoms in total. The van der Waals surface area contributed by atoms with Crippen LogP contribution in [0.3, 0.4) is 0 Å². The molecule has 0 amide bonds. The van der Waals surface area contributed by atoms with Crippen LogP contribution in [-0.2, 0) is 14.6 Å². The minimum absolute atomic E-state index is 0.228. The van der Waals surface area contributed by atoms with Crippen LogP contribution in [0.25, 0.3) is 0 Å². The molecular formula is C18H18F4N6O4S. The number of alkyl halides is 3. The Kier molecular flexibility index (Phi) is 7.58. The molecule has 33 heavy (non-hydrogen) atoms. The van der Waals surface area contributed by atoms with Crippen molar-refractivity contribution >= 4 is 39.1 Å². The van der Waals surface area contributed by atoms with Crippen LogP contribution in [0.15, 0.2) is 35.4 Å². The van der Waals surface area contributed by atoms with Gasteiger partial charge < -0.3 is 15.7 Å². The second-order valence-corrected chi connectivity index (χ2v) is 8.54. The zero-order valence-corrected chi connectivity index (χ0v) is 18.1. The van der Waals surface area contributed by atoms with Gasteiger partial charge in [-0.2, -0.15) is 23.3 Å². The second-order valence-electron chi connectivity index (χ2n) is 6.56. The predicted molar refractivity (Wildman–Crippen MR) is 110 cm³/mol. The first-order chi connectivity index (χ1) is 15.2.